The highest BCUT2D eigenvalue weighted by atomic mass is 16.5. The number of aromatic amines is 1. The Bertz CT molecular complexity index is 1240. The van der Waals surface area contributed by atoms with Gasteiger partial charge in [0, 0.05) is 42.8 Å². The average Bonchev–Trinajstić information content (AvgIpc) is 3.50. The summed E-state index contributed by atoms with van der Waals surface area (Å²) >= 11 is 0. The Kier molecular flexibility index (Phi) is 6.84. The molecule has 1 unspecified atom stereocenters. The number of H-pyrrole nitrogens is 1. The number of aromatic nitrogens is 1. The second-order valence-corrected chi connectivity index (χ2v) is 9.39. The van der Waals surface area contributed by atoms with Crippen LogP contribution in [0.25, 0.3) is 10.9 Å². The van der Waals surface area contributed by atoms with E-state index in [1.807, 2.05) is 47.4 Å². The second-order valence-electron chi connectivity index (χ2n) is 9.39. The lowest BCUT2D eigenvalue weighted by atomic mass is 9.83. The van der Waals surface area contributed by atoms with Crippen molar-refractivity contribution in [3.63, 3.8) is 0 Å². The number of hydrogen-bond acceptors (Lipinski definition) is 6. The van der Waals surface area contributed by atoms with Gasteiger partial charge in [-0.05, 0) is 48.7 Å². The maximum atomic E-state index is 13.4. The molecule has 5 rings (SSSR count). The molecule has 1 saturated heterocycles. The van der Waals surface area contributed by atoms with E-state index >= 15 is 0 Å². The van der Waals surface area contributed by atoms with Gasteiger partial charge in [-0.15, -0.1) is 0 Å². The molecule has 2 aliphatic heterocycles. The van der Waals surface area contributed by atoms with Crippen molar-refractivity contribution in [2.24, 2.45) is 5.73 Å². The minimum atomic E-state index is -0.503. The fourth-order valence-electron chi connectivity index (χ4n) is 5.58. The van der Waals surface area contributed by atoms with Gasteiger partial charge in [0.15, 0.2) is 0 Å². The SMILES string of the molecule is COc1ccc2[nH]c3c(c2c1)CCN(C(=O)CNC(=O)CN)C31CCN(CCOc2ccccc2)C1. The van der Waals surface area contributed by atoms with E-state index in [-0.39, 0.29) is 24.9 Å². The summed E-state index contributed by atoms with van der Waals surface area (Å²) in [5, 5.41) is 3.79. The Morgan fingerprint density at radius 2 is 1.97 bits per heavy atom. The van der Waals surface area contributed by atoms with Crippen molar-refractivity contribution >= 4 is 22.7 Å². The normalized spacial score (nSPS) is 19.4. The fraction of sp³-hybridized carbons (Fsp3) is 0.407. The number of methoxy groups -OCH3 is 1. The number of likely N-dealkylation sites (tertiary alicyclic amines) is 1. The molecule has 1 spiro atoms. The molecule has 190 valence electrons. The zero-order valence-electron chi connectivity index (χ0n) is 20.6. The first-order valence-corrected chi connectivity index (χ1v) is 12.4. The number of nitrogens with one attached hydrogen (secondary N) is 2. The summed E-state index contributed by atoms with van der Waals surface area (Å²) < 4.78 is 11.4. The van der Waals surface area contributed by atoms with Gasteiger partial charge < -0.3 is 30.4 Å². The summed E-state index contributed by atoms with van der Waals surface area (Å²) in [6.45, 7) is 3.25. The van der Waals surface area contributed by atoms with Crippen LogP contribution in [0.15, 0.2) is 48.5 Å². The van der Waals surface area contributed by atoms with E-state index in [4.69, 9.17) is 15.2 Å². The van der Waals surface area contributed by atoms with Crippen molar-refractivity contribution in [1.82, 2.24) is 20.1 Å². The molecule has 1 atom stereocenters. The quantitative estimate of drug-likeness (QED) is 0.441. The van der Waals surface area contributed by atoms with Crippen molar-refractivity contribution in [3.8, 4) is 11.5 Å². The summed E-state index contributed by atoms with van der Waals surface area (Å²) in [5.41, 5.74) is 8.28. The number of nitrogens with two attached hydrogens (primary N) is 1. The molecule has 2 aromatic carbocycles. The Labute approximate surface area is 210 Å². The molecule has 3 heterocycles. The summed E-state index contributed by atoms with van der Waals surface area (Å²) in [6, 6.07) is 15.8. The van der Waals surface area contributed by atoms with Crippen molar-refractivity contribution in [1.29, 1.82) is 0 Å². The average molecular weight is 492 g/mol. The number of amides is 2. The number of carbonyl (C=O) groups excluding carboxylic acids is 2. The molecule has 1 fully saturated rings. The molecule has 0 radical (unpaired) electrons. The largest absolute Gasteiger partial charge is 0.497 e. The zero-order chi connectivity index (χ0) is 25.1. The van der Waals surface area contributed by atoms with Crippen LogP contribution in [0.2, 0.25) is 0 Å². The predicted molar refractivity (Wildman–Crippen MR) is 137 cm³/mol. The third-order valence-corrected chi connectivity index (χ3v) is 7.35. The van der Waals surface area contributed by atoms with Crippen LogP contribution >= 0.6 is 0 Å². The molecule has 36 heavy (non-hydrogen) atoms. The molecule has 2 aliphatic rings. The van der Waals surface area contributed by atoms with Gasteiger partial charge in [-0.2, -0.15) is 0 Å². The molecular formula is C27H33N5O4. The maximum absolute atomic E-state index is 13.4. The molecular weight excluding hydrogens is 458 g/mol. The summed E-state index contributed by atoms with van der Waals surface area (Å²) in [7, 11) is 1.67. The number of fused-ring (bicyclic) bond motifs is 4. The number of carbonyl (C=O) groups is 2. The molecule has 1 aromatic heterocycles. The molecule has 9 nitrogen and oxygen atoms in total. The molecule has 0 bridgehead atoms. The molecule has 9 heteroatoms. The summed E-state index contributed by atoms with van der Waals surface area (Å²) in [6.07, 6.45) is 1.53. The summed E-state index contributed by atoms with van der Waals surface area (Å²) in [5.74, 6) is 1.23. The lowest BCUT2D eigenvalue weighted by molar-refractivity contribution is -0.139. The van der Waals surface area contributed by atoms with Crippen LogP contribution in [-0.2, 0) is 21.5 Å². The van der Waals surface area contributed by atoms with Crippen molar-refractivity contribution in [2.45, 2.75) is 18.4 Å². The van der Waals surface area contributed by atoms with Crippen molar-refractivity contribution < 1.29 is 19.1 Å². The minimum Gasteiger partial charge on any atom is -0.497 e. The first-order chi connectivity index (χ1) is 17.5. The van der Waals surface area contributed by atoms with E-state index in [9.17, 15) is 9.59 Å². The molecule has 3 aromatic rings. The maximum Gasteiger partial charge on any atom is 0.242 e. The number of hydrogen-bond donors (Lipinski definition) is 3. The number of rotatable bonds is 8. The molecule has 0 saturated carbocycles. The van der Waals surface area contributed by atoms with E-state index < -0.39 is 5.54 Å². The van der Waals surface area contributed by atoms with Crippen LogP contribution in [0, 0.1) is 0 Å². The van der Waals surface area contributed by atoms with E-state index in [0.717, 1.165) is 54.0 Å². The van der Waals surface area contributed by atoms with Crippen LogP contribution in [0.5, 0.6) is 11.5 Å². The Balaban J connectivity index is 1.41. The fourth-order valence-corrected chi connectivity index (χ4v) is 5.58. The minimum absolute atomic E-state index is 0.0573. The monoisotopic (exact) mass is 491 g/mol. The highest BCUT2D eigenvalue weighted by Crippen LogP contribution is 2.45. The zero-order valence-corrected chi connectivity index (χ0v) is 20.6. The highest BCUT2D eigenvalue weighted by molar-refractivity contribution is 5.89. The number of para-hydroxylation sites is 1. The standard InChI is InChI=1S/C27H33N5O4/c1-35-20-7-8-23-22(15-20)21-9-11-32(25(34)17-29-24(33)16-28)27(26(21)30-23)10-12-31(18-27)13-14-36-19-5-3-2-4-6-19/h2-8,15,30H,9-14,16-18,28H2,1H3,(H,29,33). The first-order valence-electron chi connectivity index (χ1n) is 12.4. The Morgan fingerprint density at radius 1 is 1.14 bits per heavy atom. The summed E-state index contributed by atoms with van der Waals surface area (Å²) in [4.78, 5) is 33.1. The van der Waals surface area contributed by atoms with Gasteiger partial charge in [0.05, 0.1) is 25.7 Å². The van der Waals surface area contributed by atoms with Gasteiger partial charge in [0.25, 0.3) is 0 Å². The third-order valence-electron chi connectivity index (χ3n) is 7.35. The first kappa shape index (κ1) is 24.1. The van der Waals surface area contributed by atoms with Gasteiger partial charge in [-0.25, -0.2) is 0 Å². The topological polar surface area (TPSA) is 113 Å². The van der Waals surface area contributed by atoms with Crippen LogP contribution in [0.3, 0.4) is 0 Å². The van der Waals surface area contributed by atoms with Gasteiger partial charge in [-0.1, -0.05) is 18.2 Å². The van der Waals surface area contributed by atoms with Gasteiger partial charge in [0.2, 0.25) is 11.8 Å². The molecule has 4 N–H and O–H groups in total. The van der Waals surface area contributed by atoms with Crippen LogP contribution < -0.4 is 20.5 Å². The number of nitrogens with zero attached hydrogens (tertiary/aromatic N) is 2. The lowest BCUT2D eigenvalue weighted by Gasteiger charge is -2.45. The number of ether oxygens (including phenoxy) is 2. The van der Waals surface area contributed by atoms with Crippen molar-refractivity contribution in [3.05, 3.63) is 59.8 Å². The van der Waals surface area contributed by atoms with Crippen LogP contribution in [0.4, 0.5) is 0 Å². The second kappa shape index (κ2) is 10.2. The van der Waals surface area contributed by atoms with E-state index in [1.165, 1.54) is 5.56 Å². The third kappa shape index (κ3) is 4.52. The predicted octanol–water partition coefficient (Wildman–Crippen LogP) is 1.62. The Morgan fingerprint density at radius 3 is 2.75 bits per heavy atom. The van der Waals surface area contributed by atoms with Crippen molar-refractivity contribution in [2.75, 3.05) is 53.0 Å². The number of benzene rings is 2. The van der Waals surface area contributed by atoms with E-state index in [1.54, 1.807) is 7.11 Å². The van der Waals surface area contributed by atoms with E-state index in [0.29, 0.717) is 19.7 Å². The lowest BCUT2D eigenvalue weighted by Crippen LogP contribution is -2.57. The van der Waals surface area contributed by atoms with Gasteiger partial charge in [0.1, 0.15) is 18.1 Å². The van der Waals surface area contributed by atoms with E-state index in [2.05, 4.69) is 21.3 Å². The molecule has 0 aliphatic carbocycles. The molecule has 2 amide bonds. The Hall–Kier alpha value is -3.56. The van der Waals surface area contributed by atoms with Crippen LogP contribution in [0.1, 0.15) is 17.7 Å². The smallest absolute Gasteiger partial charge is 0.242 e. The van der Waals surface area contributed by atoms with Crippen LogP contribution in [-0.4, -0.2) is 79.6 Å². The van der Waals surface area contributed by atoms with Gasteiger partial charge in [-0.3, -0.25) is 14.5 Å². The van der Waals surface area contributed by atoms with Gasteiger partial charge >= 0.3 is 0 Å². The highest BCUT2D eigenvalue weighted by Gasteiger charge is 2.50.